The minimum Gasteiger partial charge on any atom is -0.369 e. The van der Waals surface area contributed by atoms with Crippen molar-refractivity contribution < 1.29 is 9.59 Å². The Hall–Kier alpha value is -1.88. The van der Waals surface area contributed by atoms with Crippen molar-refractivity contribution in [1.29, 1.82) is 0 Å². The third kappa shape index (κ3) is 3.25. The minimum absolute atomic E-state index is 0.0213. The van der Waals surface area contributed by atoms with Gasteiger partial charge in [0, 0.05) is 19.6 Å². The van der Waals surface area contributed by atoms with E-state index in [1.165, 1.54) is 24.0 Å². The highest BCUT2D eigenvalue weighted by Crippen LogP contribution is 2.46. The van der Waals surface area contributed by atoms with E-state index in [0.717, 1.165) is 45.3 Å². The van der Waals surface area contributed by atoms with Gasteiger partial charge in [-0.3, -0.25) is 14.5 Å². The van der Waals surface area contributed by atoms with Crippen molar-refractivity contribution in [1.82, 2.24) is 9.80 Å². The van der Waals surface area contributed by atoms with E-state index in [4.69, 9.17) is 5.73 Å². The van der Waals surface area contributed by atoms with Crippen LogP contribution in [0.15, 0.2) is 24.3 Å². The van der Waals surface area contributed by atoms with Crippen molar-refractivity contribution in [2.45, 2.75) is 43.9 Å². The minimum atomic E-state index is -0.307. The summed E-state index contributed by atoms with van der Waals surface area (Å²) < 4.78 is 0. The topological polar surface area (TPSA) is 66.6 Å². The number of hydrogen-bond acceptors (Lipinski definition) is 3. The molecule has 3 aliphatic rings. The van der Waals surface area contributed by atoms with Crippen molar-refractivity contribution in [3.63, 3.8) is 0 Å². The maximum absolute atomic E-state index is 13.0. The summed E-state index contributed by atoms with van der Waals surface area (Å²) in [7, 11) is 0. The molecule has 2 fully saturated rings. The molecule has 0 aromatic heterocycles. The summed E-state index contributed by atoms with van der Waals surface area (Å²) in [5.74, 6) is -0.00812. The summed E-state index contributed by atoms with van der Waals surface area (Å²) in [6, 6.07) is 8.84. The standard InChI is InChI=1S/C21H29N3O2/c22-19(25)15-23-11-3-5-17(14-23)20(26)24-12-9-21(10-13-24)8-7-16-4-1-2-6-18(16)21/h1-2,4,6,17H,3,5,7-15H2,(H2,22,25). The second-order valence-electron chi connectivity index (χ2n) is 8.30. The van der Waals surface area contributed by atoms with Crippen molar-refractivity contribution in [3.05, 3.63) is 35.4 Å². The summed E-state index contributed by atoms with van der Waals surface area (Å²) in [4.78, 5) is 28.3. The van der Waals surface area contributed by atoms with Gasteiger partial charge >= 0.3 is 0 Å². The molecular weight excluding hydrogens is 326 g/mol. The summed E-state index contributed by atoms with van der Waals surface area (Å²) in [6.07, 6.45) is 6.45. The number of hydrogen-bond donors (Lipinski definition) is 1. The molecule has 26 heavy (non-hydrogen) atoms. The lowest BCUT2D eigenvalue weighted by Gasteiger charge is -2.42. The molecule has 1 spiro atoms. The predicted octanol–water partition coefficient (Wildman–Crippen LogP) is 1.69. The van der Waals surface area contributed by atoms with Gasteiger partial charge in [-0.25, -0.2) is 0 Å². The molecule has 1 aromatic rings. The molecule has 1 aromatic carbocycles. The zero-order chi connectivity index (χ0) is 18.1. The first-order valence-electron chi connectivity index (χ1n) is 9.95. The molecule has 1 aliphatic carbocycles. The van der Waals surface area contributed by atoms with Crippen molar-refractivity contribution >= 4 is 11.8 Å². The van der Waals surface area contributed by atoms with E-state index in [9.17, 15) is 9.59 Å². The van der Waals surface area contributed by atoms with Crippen molar-refractivity contribution in [2.75, 3.05) is 32.7 Å². The number of primary amides is 1. The first kappa shape index (κ1) is 17.5. The average Bonchev–Trinajstić information content (AvgIpc) is 3.00. The number of nitrogens with zero attached hydrogens (tertiary/aromatic N) is 2. The Bertz CT molecular complexity index is 694. The van der Waals surface area contributed by atoms with E-state index in [1.54, 1.807) is 0 Å². The molecule has 2 saturated heterocycles. The maximum atomic E-state index is 13.0. The average molecular weight is 355 g/mol. The number of likely N-dealkylation sites (tertiary alicyclic amines) is 2. The Morgan fingerprint density at radius 2 is 1.88 bits per heavy atom. The van der Waals surface area contributed by atoms with E-state index in [2.05, 4.69) is 29.2 Å². The molecule has 5 heteroatoms. The molecule has 140 valence electrons. The number of aryl methyl sites for hydroxylation is 1. The number of fused-ring (bicyclic) bond motifs is 2. The first-order chi connectivity index (χ1) is 12.6. The zero-order valence-electron chi connectivity index (χ0n) is 15.5. The molecule has 1 atom stereocenters. The summed E-state index contributed by atoms with van der Waals surface area (Å²) in [5, 5.41) is 0. The largest absolute Gasteiger partial charge is 0.369 e. The van der Waals surface area contributed by atoms with Crippen molar-refractivity contribution in [3.8, 4) is 0 Å². The number of nitrogens with two attached hydrogens (primary N) is 1. The predicted molar refractivity (Wildman–Crippen MR) is 101 cm³/mol. The number of benzene rings is 1. The quantitative estimate of drug-likeness (QED) is 0.897. The van der Waals surface area contributed by atoms with E-state index in [-0.39, 0.29) is 29.7 Å². The number of piperidine rings is 2. The molecule has 1 unspecified atom stereocenters. The smallest absolute Gasteiger partial charge is 0.231 e. The molecular formula is C21H29N3O2. The molecule has 0 bridgehead atoms. The fourth-order valence-corrected chi connectivity index (χ4v) is 5.32. The van der Waals surface area contributed by atoms with Gasteiger partial charge in [0.15, 0.2) is 0 Å². The monoisotopic (exact) mass is 355 g/mol. The SMILES string of the molecule is NC(=O)CN1CCCC(C(=O)N2CCC3(CCc4ccccc43)CC2)C1. The van der Waals surface area contributed by atoms with Crippen LogP contribution in [0.5, 0.6) is 0 Å². The Kier molecular flexibility index (Phi) is 4.74. The van der Waals surface area contributed by atoms with Crippen LogP contribution in [0.2, 0.25) is 0 Å². The van der Waals surface area contributed by atoms with Gasteiger partial charge in [-0.05, 0) is 61.6 Å². The fourth-order valence-electron chi connectivity index (χ4n) is 5.32. The first-order valence-corrected chi connectivity index (χ1v) is 9.95. The molecule has 2 aliphatic heterocycles. The third-order valence-electron chi connectivity index (χ3n) is 6.73. The molecule has 2 amide bonds. The van der Waals surface area contributed by atoms with E-state index < -0.39 is 0 Å². The molecule has 5 nitrogen and oxygen atoms in total. The second-order valence-corrected chi connectivity index (χ2v) is 8.30. The highest BCUT2D eigenvalue weighted by molar-refractivity contribution is 5.80. The van der Waals surface area contributed by atoms with Crippen LogP contribution in [-0.4, -0.2) is 54.3 Å². The highest BCUT2D eigenvalue weighted by Gasteiger charge is 2.42. The lowest BCUT2D eigenvalue weighted by molar-refractivity contribution is -0.139. The lowest BCUT2D eigenvalue weighted by Crippen LogP contribution is -2.50. The van der Waals surface area contributed by atoms with Crippen LogP contribution < -0.4 is 5.73 Å². The summed E-state index contributed by atoms with van der Waals surface area (Å²) >= 11 is 0. The molecule has 2 heterocycles. The van der Waals surface area contributed by atoms with Gasteiger partial charge in [0.05, 0.1) is 12.5 Å². The number of carbonyl (C=O) groups is 2. The van der Waals surface area contributed by atoms with Crippen LogP contribution in [0.3, 0.4) is 0 Å². The van der Waals surface area contributed by atoms with Crippen LogP contribution in [0.1, 0.15) is 43.2 Å². The molecule has 2 N–H and O–H groups in total. The van der Waals surface area contributed by atoms with E-state index in [1.807, 2.05) is 4.90 Å². The Balaban J connectivity index is 1.38. The van der Waals surface area contributed by atoms with Crippen LogP contribution in [0.25, 0.3) is 0 Å². The second kappa shape index (κ2) is 7.03. The molecule has 0 saturated carbocycles. The van der Waals surface area contributed by atoms with Gasteiger partial charge in [-0.2, -0.15) is 0 Å². The maximum Gasteiger partial charge on any atom is 0.231 e. The molecule has 4 rings (SSSR count). The zero-order valence-corrected chi connectivity index (χ0v) is 15.5. The number of rotatable bonds is 3. The summed E-state index contributed by atoms with van der Waals surface area (Å²) in [6.45, 7) is 3.53. The Morgan fingerprint density at radius 3 is 2.65 bits per heavy atom. The van der Waals surface area contributed by atoms with Crippen LogP contribution in [-0.2, 0) is 21.4 Å². The van der Waals surface area contributed by atoms with Gasteiger partial charge in [0.25, 0.3) is 0 Å². The van der Waals surface area contributed by atoms with Gasteiger partial charge in [-0.1, -0.05) is 24.3 Å². The van der Waals surface area contributed by atoms with Gasteiger partial charge in [0.1, 0.15) is 0 Å². The summed E-state index contributed by atoms with van der Waals surface area (Å²) in [5.41, 5.74) is 8.63. The van der Waals surface area contributed by atoms with Gasteiger partial charge in [-0.15, -0.1) is 0 Å². The Morgan fingerprint density at radius 1 is 1.12 bits per heavy atom. The normalized spacial score (nSPS) is 25.2. The Labute approximate surface area is 155 Å². The van der Waals surface area contributed by atoms with Crippen molar-refractivity contribution in [2.24, 2.45) is 11.7 Å². The molecule has 0 radical (unpaired) electrons. The third-order valence-corrected chi connectivity index (χ3v) is 6.73. The van der Waals surface area contributed by atoms with E-state index in [0.29, 0.717) is 6.54 Å². The lowest BCUT2D eigenvalue weighted by atomic mass is 9.73. The van der Waals surface area contributed by atoms with Crippen LogP contribution >= 0.6 is 0 Å². The highest BCUT2D eigenvalue weighted by atomic mass is 16.2. The number of amides is 2. The van der Waals surface area contributed by atoms with Crippen LogP contribution in [0.4, 0.5) is 0 Å². The van der Waals surface area contributed by atoms with Gasteiger partial charge in [0.2, 0.25) is 11.8 Å². The van der Waals surface area contributed by atoms with Crippen LogP contribution in [0, 0.1) is 5.92 Å². The van der Waals surface area contributed by atoms with Gasteiger partial charge < -0.3 is 10.6 Å². The number of carbonyl (C=O) groups excluding carboxylic acids is 2. The van der Waals surface area contributed by atoms with E-state index >= 15 is 0 Å². The fraction of sp³-hybridized carbons (Fsp3) is 0.619.